The summed E-state index contributed by atoms with van der Waals surface area (Å²) in [6, 6.07) is 17.6. The summed E-state index contributed by atoms with van der Waals surface area (Å²) in [6.07, 6.45) is 0. The van der Waals surface area contributed by atoms with Crippen LogP contribution in [0.2, 0.25) is 0 Å². The molecule has 2 rings (SSSR count). The monoisotopic (exact) mass is 222 g/mol. The third-order valence-electron chi connectivity index (χ3n) is 3.14. The molecular weight excluding hydrogens is 203 g/mol. The zero-order chi connectivity index (χ0) is 12.5. The maximum atomic E-state index is 2.24. The Kier molecular flexibility index (Phi) is 3.10. The SMILES string of the molecule is Bc1ccc(-c2ccc(C(C)(C)C)cc2)cc1. The van der Waals surface area contributed by atoms with Crippen molar-refractivity contribution >= 4 is 13.3 Å². The first-order valence-electron chi connectivity index (χ1n) is 6.14. The molecular formula is C16H19B. The molecule has 0 aliphatic carbocycles. The van der Waals surface area contributed by atoms with Gasteiger partial charge in [-0.05, 0) is 22.1 Å². The highest BCUT2D eigenvalue weighted by atomic mass is 14.2. The van der Waals surface area contributed by atoms with Gasteiger partial charge in [-0.2, -0.15) is 0 Å². The molecule has 0 atom stereocenters. The molecule has 0 aliphatic heterocycles. The van der Waals surface area contributed by atoms with Gasteiger partial charge in [0.25, 0.3) is 0 Å². The van der Waals surface area contributed by atoms with Gasteiger partial charge in [0.2, 0.25) is 0 Å². The third-order valence-corrected chi connectivity index (χ3v) is 3.14. The van der Waals surface area contributed by atoms with E-state index in [1.807, 2.05) is 0 Å². The van der Waals surface area contributed by atoms with Gasteiger partial charge in [-0.15, -0.1) is 0 Å². The summed E-state index contributed by atoms with van der Waals surface area (Å²) in [5.74, 6) is 0. The van der Waals surface area contributed by atoms with E-state index in [0.29, 0.717) is 0 Å². The van der Waals surface area contributed by atoms with Crippen molar-refractivity contribution in [3.63, 3.8) is 0 Å². The topological polar surface area (TPSA) is 0 Å². The Hall–Kier alpha value is -1.50. The van der Waals surface area contributed by atoms with Gasteiger partial charge < -0.3 is 0 Å². The van der Waals surface area contributed by atoms with Crippen LogP contribution in [0, 0.1) is 0 Å². The van der Waals surface area contributed by atoms with E-state index in [0.717, 1.165) is 0 Å². The molecule has 0 nitrogen and oxygen atoms in total. The first-order valence-corrected chi connectivity index (χ1v) is 6.14. The maximum Gasteiger partial charge on any atom is 0.139 e. The predicted octanol–water partition coefficient (Wildman–Crippen LogP) is 2.91. The molecule has 0 unspecified atom stereocenters. The van der Waals surface area contributed by atoms with Crippen LogP contribution in [0.25, 0.3) is 11.1 Å². The fraction of sp³-hybridized carbons (Fsp3) is 0.250. The molecule has 0 heterocycles. The fourth-order valence-electron chi connectivity index (χ4n) is 1.91. The van der Waals surface area contributed by atoms with Crippen molar-refractivity contribution in [3.8, 4) is 11.1 Å². The summed E-state index contributed by atoms with van der Waals surface area (Å²) in [4.78, 5) is 0. The van der Waals surface area contributed by atoms with E-state index in [4.69, 9.17) is 0 Å². The van der Waals surface area contributed by atoms with Crippen LogP contribution in [-0.2, 0) is 5.41 Å². The van der Waals surface area contributed by atoms with Crippen LogP contribution in [0.4, 0.5) is 0 Å². The molecule has 2 aromatic carbocycles. The van der Waals surface area contributed by atoms with Gasteiger partial charge in [0, 0.05) is 0 Å². The van der Waals surface area contributed by atoms with E-state index in [1.165, 1.54) is 22.2 Å². The lowest BCUT2D eigenvalue weighted by Crippen LogP contribution is -2.10. The lowest BCUT2D eigenvalue weighted by atomic mass is 9.86. The van der Waals surface area contributed by atoms with Gasteiger partial charge in [-0.1, -0.05) is 74.8 Å². The quantitative estimate of drug-likeness (QED) is 0.651. The molecule has 0 bridgehead atoms. The van der Waals surface area contributed by atoms with Gasteiger partial charge in [0.05, 0.1) is 0 Å². The molecule has 0 spiro atoms. The highest BCUT2D eigenvalue weighted by molar-refractivity contribution is 6.32. The average molecular weight is 222 g/mol. The summed E-state index contributed by atoms with van der Waals surface area (Å²) >= 11 is 0. The number of hydrogen-bond acceptors (Lipinski definition) is 0. The fourth-order valence-corrected chi connectivity index (χ4v) is 1.91. The highest BCUT2D eigenvalue weighted by Crippen LogP contribution is 2.25. The first kappa shape index (κ1) is 12.0. The van der Waals surface area contributed by atoms with E-state index in [-0.39, 0.29) is 5.41 Å². The van der Waals surface area contributed by atoms with Gasteiger partial charge in [0.15, 0.2) is 0 Å². The standard InChI is InChI=1S/C16H19B/c1-16(2,3)14-8-4-12(5-9-14)13-6-10-15(17)11-7-13/h4-11H,17H2,1-3H3. The summed E-state index contributed by atoms with van der Waals surface area (Å²) in [6.45, 7) is 6.73. The Balaban J connectivity index is 2.33. The van der Waals surface area contributed by atoms with Crippen molar-refractivity contribution in [2.75, 3.05) is 0 Å². The largest absolute Gasteiger partial charge is 0.139 e. The Morgan fingerprint density at radius 3 is 1.53 bits per heavy atom. The van der Waals surface area contributed by atoms with Gasteiger partial charge in [-0.25, -0.2) is 0 Å². The molecule has 0 aromatic heterocycles. The summed E-state index contributed by atoms with van der Waals surface area (Å²) < 4.78 is 0. The predicted molar refractivity (Wildman–Crippen MR) is 78.8 cm³/mol. The lowest BCUT2D eigenvalue weighted by molar-refractivity contribution is 0.590. The van der Waals surface area contributed by atoms with Crippen molar-refractivity contribution in [2.24, 2.45) is 0 Å². The van der Waals surface area contributed by atoms with Gasteiger partial charge in [0.1, 0.15) is 7.85 Å². The molecule has 0 amide bonds. The molecule has 0 fully saturated rings. The van der Waals surface area contributed by atoms with Crippen LogP contribution < -0.4 is 5.46 Å². The van der Waals surface area contributed by atoms with Gasteiger partial charge >= 0.3 is 0 Å². The highest BCUT2D eigenvalue weighted by Gasteiger charge is 2.12. The molecule has 1 heteroatoms. The third kappa shape index (κ3) is 2.79. The van der Waals surface area contributed by atoms with Crippen molar-refractivity contribution in [3.05, 3.63) is 54.1 Å². The van der Waals surface area contributed by atoms with Crippen LogP contribution in [-0.4, -0.2) is 7.85 Å². The number of rotatable bonds is 1. The number of hydrogen-bond donors (Lipinski definition) is 0. The van der Waals surface area contributed by atoms with Gasteiger partial charge in [-0.3, -0.25) is 0 Å². The minimum Gasteiger partial charge on any atom is -0.0889 e. The molecule has 0 radical (unpaired) electrons. The van der Waals surface area contributed by atoms with Crippen molar-refractivity contribution in [1.29, 1.82) is 0 Å². The minimum absolute atomic E-state index is 0.228. The maximum absolute atomic E-state index is 2.24. The zero-order valence-corrected chi connectivity index (χ0v) is 11.1. The van der Waals surface area contributed by atoms with Crippen LogP contribution >= 0.6 is 0 Å². The summed E-state index contributed by atoms with van der Waals surface area (Å²) in [7, 11) is 2.12. The van der Waals surface area contributed by atoms with Crippen LogP contribution in [0.3, 0.4) is 0 Å². The van der Waals surface area contributed by atoms with Crippen LogP contribution in [0.15, 0.2) is 48.5 Å². The molecule has 86 valence electrons. The Labute approximate surface area is 105 Å². The Morgan fingerprint density at radius 2 is 1.12 bits per heavy atom. The summed E-state index contributed by atoms with van der Waals surface area (Å²) in [5.41, 5.74) is 5.49. The Morgan fingerprint density at radius 1 is 0.706 bits per heavy atom. The van der Waals surface area contributed by atoms with Crippen molar-refractivity contribution in [2.45, 2.75) is 26.2 Å². The van der Waals surface area contributed by atoms with E-state index < -0.39 is 0 Å². The molecule has 0 N–H and O–H groups in total. The van der Waals surface area contributed by atoms with E-state index in [2.05, 4.69) is 77.1 Å². The molecule has 17 heavy (non-hydrogen) atoms. The second-order valence-corrected chi connectivity index (χ2v) is 5.69. The van der Waals surface area contributed by atoms with Crippen molar-refractivity contribution < 1.29 is 0 Å². The van der Waals surface area contributed by atoms with Crippen LogP contribution in [0.5, 0.6) is 0 Å². The molecule has 0 saturated carbocycles. The first-order chi connectivity index (χ1) is 7.97. The summed E-state index contributed by atoms with van der Waals surface area (Å²) in [5, 5.41) is 0. The lowest BCUT2D eigenvalue weighted by Gasteiger charge is -2.19. The molecule has 0 aliphatic rings. The van der Waals surface area contributed by atoms with Crippen LogP contribution in [0.1, 0.15) is 26.3 Å². The smallest absolute Gasteiger partial charge is 0.0889 e. The van der Waals surface area contributed by atoms with E-state index >= 15 is 0 Å². The zero-order valence-electron chi connectivity index (χ0n) is 11.1. The number of benzene rings is 2. The normalized spacial score (nSPS) is 11.5. The minimum atomic E-state index is 0.228. The second-order valence-electron chi connectivity index (χ2n) is 5.69. The van der Waals surface area contributed by atoms with E-state index in [9.17, 15) is 0 Å². The molecule has 0 saturated heterocycles. The van der Waals surface area contributed by atoms with Crippen molar-refractivity contribution in [1.82, 2.24) is 0 Å². The second kappa shape index (κ2) is 4.41. The molecule has 2 aromatic rings. The Bertz CT molecular complexity index is 487. The average Bonchev–Trinajstić information content (AvgIpc) is 2.29. The van der Waals surface area contributed by atoms with E-state index in [1.54, 1.807) is 0 Å².